The van der Waals surface area contributed by atoms with Gasteiger partial charge in [-0.3, -0.25) is 9.78 Å². The van der Waals surface area contributed by atoms with Crippen molar-refractivity contribution in [2.24, 2.45) is 0 Å². The summed E-state index contributed by atoms with van der Waals surface area (Å²) >= 11 is 0. The van der Waals surface area contributed by atoms with Crippen LogP contribution in [0.15, 0.2) is 54.9 Å². The zero-order valence-electron chi connectivity index (χ0n) is 16.1. The van der Waals surface area contributed by atoms with Gasteiger partial charge in [0.1, 0.15) is 0 Å². The van der Waals surface area contributed by atoms with Crippen LogP contribution in [0.1, 0.15) is 30.9 Å². The average Bonchev–Trinajstić information content (AvgIpc) is 2.75. The van der Waals surface area contributed by atoms with Crippen LogP contribution in [0, 0.1) is 0 Å². The Balaban J connectivity index is 1.55. The van der Waals surface area contributed by atoms with Gasteiger partial charge in [-0.1, -0.05) is 30.3 Å². The molecule has 0 bridgehead atoms. The summed E-state index contributed by atoms with van der Waals surface area (Å²) in [4.78, 5) is 30.5. The minimum Gasteiger partial charge on any atom is -0.382 e. The van der Waals surface area contributed by atoms with Crippen molar-refractivity contribution < 1.29 is 9.59 Å². The molecule has 0 radical (unpaired) electrons. The highest BCUT2D eigenvalue weighted by atomic mass is 16.2. The molecule has 3 N–H and O–H groups in total. The van der Waals surface area contributed by atoms with Crippen LogP contribution in [0.25, 0.3) is 0 Å². The monoisotopic (exact) mass is 381 g/mol. The Hall–Kier alpha value is -3.09. The number of benzene rings is 1. The third kappa shape index (κ3) is 5.45. The lowest BCUT2D eigenvalue weighted by Crippen LogP contribution is -2.48. The maximum atomic E-state index is 12.8. The first-order valence-corrected chi connectivity index (χ1v) is 9.63. The molecule has 7 heteroatoms. The van der Waals surface area contributed by atoms with Gasteiger partial charge in [-0.15, -0.1) is 0 Å². The average molecular weight is 381 g/mol. The van der Waals surface area contributed by atoms with E-state index in [4.69, 9.17) is 0 Å². The summed E-state index contributed by atoms with van der Waals surface area (Å²) < 4.78 is 0. The number of amides is 3. The lowest BCUT2D eigenvalue weighted by atomic mass is 10.0. The van der Waals surface area contributed by atoms with Crippen LogP contribution in [0.2, 0.25) is 0 Å². The summed E-state index contributed by atoms with van der Waals surface area (Å²) in [6.07, 6.45) is 5.50. The molecule has 3 amide bonds. The fourth-order valence-corrected chi connectivity index (χ4v) is 3.38. The molecular weight excluding hydrogens is 354 g/mol. The SMILES string of the molecule is CNC(=O)CC(NC(=O)N1CCC(Nc2ccncc2)CC1)c1ccccc1. The summed E-state index contributed by atoms with van der Waals surface area (Å²) in [5.74, 6) is -0.102. The molecule has 0 saturated carbocycles. The van der Waals surface area contributed by atoms with E-state index in [1.54, 1.807) is 19.4 Å². The molecule has 1 aromatic heterocycles. The Morgan fingerprint density at radius 3 is 2.43 bits per heavy atom. The van der Waals surface area contributed by atoms with Gasteiger partial charge in [-0.25, -0.2) is 4.79 Å². The molecule has 0 spiro atoms. The lowest BCUT2D eigenvalue weighted by Gasteiger charge is -2.34. The summed E-state index contributed by atoms with van der Waals surface area (Å²) in [7, 11) is 1.60. The topological polar surface area (TPSA) is 86.4 Å². The number of carbonyl (C=O) groups excluding carboxylic acids is 2. The zero-order valence-corrected chi connectivity index (χ0v) is 16.1. The fourth-order valence-electron chi connectivity index (χ4n) is 3.38. The maximum absolute atomic E-state index is 12.8. The number of nitrogens with one attached hydrogen (secondary N) is 3. The normalized spacial score (nSPS) is 15.5. The van der Waals surface area contributed by atoms with E-state index in [2.05, 4.69) is 20.9 Å². The van der Waals surface area contributed by atoms with Crippen molar-refractivity contribution in [2.75, 3.05) is 25.5 Å². The second-order valence-electron chi connectivity index (χ2n) is 6.93. The molecule has 148 valence electrons. The van der Waals surface area contributed by atoms with Gasteiger partial charge < -0.3 is 20.9 Å². The predicted molar refractivity (Wildman–Crippen MR) is 109 cm³/mol. The number of urea groups is 1. The molecule has 3 rings (SSSR count). The quantitative estimate of drug-likeness (QED) is 0.718. The number of piperidine rings is 1. The van der Waals surface area contributed by atoms with Gasteiger partial charge in [0.15, 0.2) is 0 Å². The number of pyridine rings is 1. The highest BCUT2D eigenvalue weighted by Crippen LogP contribution is 2.19. The molecule has 1 aliphatic rings. The molecule has 1 fully saturated rings. The van der Waals surface area contributed by atoms with Gasteiger partial charge in [0.2, 0.25) is 5.91 Å². The molecule has 7 nitrogen and oxygen atoms in total. The van der Waals surface area contributed by atoms with Gasteiger partial charge in [0.25, 0.3) is 0 Å². The smallest absolute Gasteiger partial charge is 0.317 e. The molecule has 0 aliphatic carbocycles. The van der Waals surface area contributed by atoms with E-state index in [-0.39, 0.29) is 24.4 Å². The first kappa shape index (κ1) is 19.7. The van der Waals surface area contributed by atoms with Gasteiger partial charge in [-0.05, 0) is 30.5 Å². The molecule has 1 unspecified atom stereocenters. The van der Waals surface area contributed by atoms with E-state index in [1.165, 1.54) is 0 Å². The molecule has 2 aromatic rings. The van der Waals surface area contributed by atoms with E-state index < -0.39 is 0 Å². The number of rotatable bonds is 6. The van der Waals surface area contributed by atoms with E-state index in [1.807, 2.05) is 47.4 Å². The van der Waals surface area contributed by atoms with Crippen molar-refractivity contribution in [3.8, 4) is 0 Å². The van der Waals surface area contributed by atoms with Crippen molar-refractivity contribution in [1.29, 1.82) is 0 Å². The van der Waals surface area contributed by atoms with E-state index in [0.717, 1.165) is 24.1 Å². The highest BCUT2D eigenvalue weighted by molar-refractivity contribution is 5.79. The molecule has 2 heterocycles. The molecule has 1 atom stereocenters. The van der Waals surface area contributed by atoms with E-state index >= 15 is 0 Å². The van der Waals surface area contributed by atoms with Crippen LogP contribution >= 0.6 is 0 Å². The molecule has 1 saturated heterocycles. The second-order valence-corrected chi connectivity index (χ2v) is 6.93. The number of carbonyl (C=O) groups is 2. The standard InChI is InChI=1S/C21H27N5O2/c1-22-20(27)15-19(16-5-3-2-4-6-16)25-21(28)26-13-9-18(10-14-26)24-17-7-11-23-12-8-17/h2-8,11-12,18-19H,9-10,13-15H2,1H3,(H,22,27)(H,23,24)(H,25,28). The Bertz CT molecular complexity index is 761. The number of nitrogens with zero attached hydrogens (tertiary/aromatic N) is 2. The minimum atomic E-state index is -0.346. The Labute approximate surface area is 165 Å². The first-order chi connectivity index (χ1) is 13.7. The largest absolute Gasteiger partial charge is 0.382 e. The molecule has 28 heavy (non-hydrogen) atoms. The van der Waals surface area contributed by atoms with Crippen LogP contribution in [0.4, 0.5) is 10.5 Å². The van der Waals surface area contributed by atoms with Gasteiger partial charge in [0.05, 0.1) is 12.5 Å². The lowest BCUT2D eigenvalue weighted by molar-refractivity contribution is -0.121. The van der Waals surface area contributed by atoms with Gasteiger partial charge >= 0.3 is 6.03 Å². The van der Waals surface area contributed by atoms with E-state index in [9.17, 15) is 9.59 Å². The number of hydrogen-bond acceptors (Lipinski definition) is 4. The third-order valence-electron chi connectivity index (χ3n) is 5.00. The number of likely N-dealkylation sites (tertiary alicyclic amines) is 1. The predicted octanol–water partition coefficient (Wildman–Crippen LogP) is 2.54. The van der Waals surface area contributed by atoms with Crippen molar-refractivity contribution in [3.05, 3.63) is 60.4 Å². The Morgan fingerprint density at radius 1 is 1.11 bits per heavy atom. The van der Waals surface area contributed by atoms with Crippen molar-refractivity contribution >= 4 is 17.6 Å². The van der Waals surface area contributed by atoms with Crippen molar-refractivity contribution in [1.82, 2.24) is 20.5 Å². The summed E-state index contributed by atoms with van der Waals surface area (Å²) in [6.45, 7) is 1.35. The summed E-state index contributed by atoms with van der Waals surface area (Å²) in [6, 6.07) is 13.4. The molecule has 1 aliphatic heterocycles. The fraction of sp³-hybridized carbons (Fsp3) is 0.381. The van der Waals surface area contributed by atoms with Gasteiger partial charge in [-0.2, -0.15) is 0 Å². The highest BCUT2D eigenvalue weighted by Gasteiger charge is 2.25. The zero-order chi connectivity index (χ0) is 19.8. The van der Waals surface area contributed by atoms with Crippen LogP contribution in [-0.2, 0) is 4.79 Å². The number of aromatic nitrogens is 1. The first-order valence-electron chi connectivity index (χ1n) is 9.63. The van der Waals surface area contributed by atoms with Crippen LogP contribution in [0.3, 0.4) is 0 Å². The third-order valence-corrected chi connectivity index (χ3v) is 5.00. The second kappa shape index (κ2) is 9.73. The molecule has 1 aromatic carbocycles. The van der Waals surface area contributed by atoms with Crippen LogP contribution < -0.4 is 16.0 Å². The Morgan fingerprint density at radius 2 is 1.79 bits per heavy atom. The number of anilines is 1. The van der Waals surface area contributed by atoms with Crippen molar-refractivity contribution in [3.63, 3.8) is 0 Å². The number of hydrogen-bond donors (Lipinski definition) is 3. The Kier molecular flexibility index (Phi) is 6.84. The maximum Gasteiger partial charge on any atom is 0.317 e. The van der Waals surface area contributed by atoms with Gasteiger partial charge in [0, 0.05) is 44.3 Å². The molecular formula is C21H27N5O2. The van der Waals surface area contributed by atoms with Crippen LogP contribution in [0.5, 0.6) is 0 Å². The summed E-state index contributed by atoms with van der Waals surface area (Å²) in [5.41, 5.74) is 1.97. The van der Waals surface area contributed by atoms with E-state index in [0.29, 0.717) is 19.1 Å². The van der Waals surface area contributed by atoms with Crippen molar-refractivity contribution in [2.45, 2.75) is 31.3 Å². The minimum absolute atomic E-state index is 0.102. The van der Waals surface area contributed by atoms with Crippen LogP contribution in [-0.4, -0.2) is 48.0 Å². The summed E-state index contributed by atoms with van der Waals surface area (Å²) in [5, 5.41) is 9.15.